The molecule has 2 aromatic carbocycles. The fraction of sp³-hybridized carbons (Fsp3) is 0.423. The van der Waals surface area contributed by atoms with E-state index >= 15 is 0 Å². The molecule has 2 heterocycles. The molecule has 1 aromatic heterocycles. The van der Waals surface area contributed by atoms with Crippen molar-refractivity contribution in [1.82, 2.24) is 20.2 Å². The number of ether oxygens (including phenoxy) is 1. The van der Waals surface area contributed by atoms with Crippen LogP contribution in [0.25, 0.3) is 10.9 Å². The van der Waals surface area contributed by atoms with Crippen molar-refractivity contribution < 1.29 is 9.53 Å². The molecule has 33 heavy (non-hydrogen) atoms. The second kappa shape index (κ2) is 10.7. The molecule has 7 heteroatoms. The first kappa shape index (κ1) is 23.1. The third-order valence-electron chi connectivity index (χ3n) is 5.89. The molecule has 1 aliphatic heterocycles. The molecular formula is C26H32N4O3. The minimum Gasteiger partial charge on any atom is -0.373 e. The average Bonchev–Trinajstić information content (AvgIpc) is 2.78. The van der Waals surface area contributed by atoms with Crippen molar-refractivity contribution >= 4 is 16.8 Å². The number of nitrogens with one attached hydrogen (secondary N) is 2. The average molecular weight is 449 g/mol. The van der Waals surface area contributed by atoms with E-state index in [0.717, 1.165) is 25.2 Å². The molecule has 2 N–H and O–H groups in total. The zero-order valence-electron chi connectivity index (χ0n) is 19.3. The van der Waals surface area contributed by atoms with Crippen LogP contribution in [0.1, 0.15) is 43.6 Å². The van der Waals surface area contributed by atoms with E-state index in [4.69, 9.17) is 4.74 Å². The van der Waals surface area contributed by atoms with Crippen LogP contribution in [0.15, 0.2) is 53.3 Å². The van der Waals surface area contributed by atoms with Crippen LogP contribution in [0.2, 0.25) is 0 Å². The summed E-state index contributed by atoms with van der Waals surface area (Å²) in [6.45, 7) is 7.55. The van der Waals surface area contributed by atoms with Gasteiger partial charge in [-0.1, -0.05) is 36.4 Å². The van der Waals surface area contributed by atoms with E-state index < -0.39 is 0 Å². The number of para-hydroxylation sites is 1. The van der Waals surface area contributed by atoms with Crippen molar-refractivity contribution in [3.63, 3.8) is 0 Å². The number of aromatic nitrogens is 2. The Balaban J connectivity index is 1.20. The lowest BCUT2D eigenvalue weighted by Gasteiger charge is -2.35. The van der Waals surface area contributed by atoms with Crippen LogP contribution >= 0.6 is 0 Å². The van der Waals surface area contributed by atoms with Gasteiger partial charge in [0, 0.05) is 39.0 Å². The molecule has 2 unspecified atom stereocenters. The normalized spacial score (nSPS) is 19.0. The number of aromatic amines is 1. The highest BCUT2D eigenvalue weighted by atomic mass is 16.5. The quantitative estimate of drug-likeness (QED) is 0.553. The monoisotopic (exact) mass is 448 g/mol. The molecule has 1 aliphatic rings. The number of nitrogens with zero attached hydrogens (tertiary/aromatic N) is 2. The first-order valence-corrected chi connectivity index (χ1v) is 11.7. The number of morpholine rings is 1. The summed E-state index contributed by atoms with van der Waals surface area (Å²) in [5.74, 6) is 0.615. The van der Waals surface area contributed by atoms with Crippen molar-refractivity contribution in [2.75, 3.05) is 13.1 Å². The molecule has 0 aliphatic carbocycles. The summed E-state index contributed by atoms with van der Waals surface area (Å²) in [5.41, 5.74) is 2.89. The summed E-state index contributed by atoms with van der Waals surface area (Å²) in [6, 6.07) is 15.7. The second-order valence-corrected chi connectivity index (χ2v) is 8.93. The minimum atomic E-state index is -0.138. The van der Waals surface area contributed by atoms with Gasteiger partial charge < -0.3 is 15.0 Å². The number of hydrogen-bond donors (Lipinski definition) is 2. The number of fused-ring (bicyclic) bond motifs is 1. The summed E-state index contributed by atoms with van der Waals surface area (Å²) in [6.07, 6.45) is 2.10. The van der Waals surface area contributed by atoms with Gasteiger partial charge >= 0.3 is 0 Å². The molecule has 2 atom stereocenters. The lowest BCUT2D eigenvalue weighted by atomic mass is 10.1. The summed E-state index contributed by atoms with van der Waals surface area (Å²) in [4.78, 5) is 34.1. The summed E-state index contributed by atoms with van der Waals surface area (Å²) in [5, 5.41) is 3.56. The standard InChI is InChI=1S/C26H32N4O3/c1-18-15-30(16-19(2)33-18)17-21-12-10-20(11-13-21)14-27-25(31)9-5-8-24-28-23-7-4-3-6-22(23)26(32)29-24/h3-4,6-7,10-13,18-19H,5,8-9,14-17H2,1-2H3,(H,27,31)(H,28,29,32). The molecule has 7 nitrogen and oxygen atoms in total. The SMILES string of the molecule is CC1CN(Cc2ccc(CNC(=O)CCCc3nc4ccccc4c(=O)[nH]3)cc2)CC(C)O1. The maximum atomic E-state index is 12.3. The predicted octanol–water partition coefficient (Wildman–Crippen LogP) is 3.17. The fourth-order valence-electron chi connectivity index (χ4n) is 4.39. The first-order valence-electron chi connectivity index (χ1n) is 11.7. The molecule has 0 radical (unpaired) electrons. The number of benzene rings is 2. The van der Waals surface area contributed by atoms with Gasteiger partial charge in [0.25, 0.3) is 5.56 Å². The Labute approximate surface area is 194 Å². The van der Waals surface area contributed by atoms with Gasteiger partial charge in [-0.15, -0.1) is 0 Å². The number of carbonyl (C=O) groups excluding carboxylic acids is 1. The molecule has 174 valence electrons. The number of H-pyrrole nitrogens is 1. The van der Waals surface area contributed by atoms with E-state index in [2.05, 4.69) is 58.3 Å². The van der Waals surface area contributed by atoms with Crippen LogP contribution < -0.4 is 10.9 Å². The van der Waals surface area contributed by atoms with E-state index in [-0.39, 0.29) is 23.7 Å². The Kier molecular flexibility index (Phi) is 7.52. The molecule has 4 rings (SSSR count). The first-order chi connectivity index (χ1) is 16.0. The van der Waals surface area contributed by atoms with Crippen LogP contribution in [0, 0.1) is 0 Å². The number of carbonyl (C=O) groups is 1. The zero-order chi connectivity index (χ0) is 23.2. The highest BCUT2D eigenvalue weighted by Crippen LogP contribution is 2.15. The molecule has 1 fully saturated rings. The number of aryl methyl sites for hydroxylation is 1. The van der Waals surface area contributed by atoms with Gasteiger partial charge in [-0.3, -0.25) is 14.5 Å². The van der Waals surface area contributed by atoms with Gasteiger partial charge in [0.1, 0.15) is 5.82 Å². The predicted molar refractivity (Wildman–Crippen MR) is 129 cm³/mol. The van der Waals surface area contributed by atoms with Gasteiger partial charge in [0.2, 0.25) is 5.91 Å². The Hall–Kier alpha value is -3.03. The van der Waals surface area contributed by atoms with Crippen molar-refractivity contribution in [3.05, 3.63) is 75.8 Å². The highest BCUT2D eigenvalue weighted by molar-refractivity contribution is 5.77. The van der Waals surface area contributed by atoms with Gasteiger partial charge in [0.15, 0.2) is 0 Å². The lowest BCUT2D eigenvalue weighted by Crippen LogP contribution is -2.44. The molecular weight excluding hydrogens is 416 g/mol. The molecule has 1 saturated heterocycles. The summed E-state index contributed by atoms with van der Waals surface area (Å²) < 4.78 is 5.80. The van der Waals surface area contributed by atoms with E-state index in [1.807, 2.05) is 18.2 Å². The van der Waals surface area contributed by atoms with Crippen LogP contribution in [0.5, 0.6) is 0 Å². The van der Waals surface area contributed by atoms with E-state index in [9.17, 15) is 9.59 Å². The zero-order valence-corrected chi connectivity index (χ0v) is 19.3. The van der Waals surface area contributed by atoms with Crippen LogP contribution in [-0.2, 0) is 29.0 Å². The van der Waals surface area contributed by atoms with Crippen LogP contribution in [-0.4, -0.2) is 46.1 Å². The molecule has 3 aromatic rings. The van der Waals surface area contributed by atoms with Crippen molar-refractivity contribution in [1.29, 1.82) is 0 Å². The molecule has 0 saturated carbocycles. The Morgan fingerprint density at radius 3 is 2.55 bits per heavy atom. The molecule has 0 bridgehead atoms. The lowest BCUT2D eigenvalue weighted by molar-refractivity contribution is -0.121. The molecule has 0 spiro atoms. The number of rotatable bonds is 8. The maximum absolute atomic E-state index is 12.3. The van der Waals surface area contributed by atoms with Gasteiger partial charge in [-0.05, 0) is 43.5 Å². The maximum Gasteiger partial charge on any atom is 0.258 e. The second-order valence-electron chi connectivity index (χ2n) is 8.93. The van der Waals surface area contributed by atoms with Crippen LogP contribution in [0.3, 0.4) is 0 Å². The van der Waals surface area contributed by atoms with Crippen LogP contribution in [0.4, 0.5) is 0 Å². The van der Waals surface area contributed by atoms with E-state index in [0.29, 0.717) is 42.5 Å². The Bertz CT molecular complexity index is 1130. The largest absolute Gasteiger partial charge is 0.373 e. The number of hydrogen-bond acceptors (Lipinski definition) is 5. The van der Waals surface area contributed by atoms with E-state index in [1.165, 1.54) is 5.56 Å². The van der Waals surface area contributed by atoms with Gasteiger partial charge in [0.05, 0.1) is 23.1 Å². The third kappa shape index (κ3) is 6.49. The van der Waals surface area contributed by atoms with E-state index in [1.54, 1.807) is 6.07 Å². The molecule has 1 amide bonds. The van der Waals surface area contributed by atoms with Crippen molar-refractivity contribution in [3.8, 4) is 0 Å². The number of amides is 1. The highest BCUT2D eigenvalue weighted by Gasteiger charge is 2.21. The summed E-state index contributed by atoms with van der Waals surface area (Å²) in [7, 11) is 0. The topological polar surface area (TPSA) is 87.3 Å². The van der Waals surface area contributed by atoms with Crippen molar-refractivity contribution in [2.24, 2.45) is 0 Å². The third-order valence-corrected chi connectivity index (χ3v) is 5.89. The Morgan fingerprint density at radius 1 is 1.09 bits per heavy atom. The Morgan fingerprint density at radius 2 is 1.79 bits per heavy atom. The smallest absolute Gasteiger partial charge is 0.258 e. The summed E-state index contributed by atoms with van der Waals surface area (Å²) >= 11 is 0. The van der Waals surface area contributed by atoms with Gasteiger partial charge in [-0.2, -0.15) is 0 Å². The van der Waals surface area contributed by atoms with Gasteiger partial charge in [-0.25, -0.2) is 4.98 Å². The van der Waals surface area contributed by atoms with Crippen molar-refractivity contribution in [2.45, 2.75) is 58.4 Å². The minimum absolute atomic E-state index is 0.00138. The fourth-order valence-corrected chi connectivity index (χ4v) is 4.39.